The molecule has 4 atom stereocenters. The van der Waals surface area contributed by atoms with E-state index in [4.69, 9.17) is 4.74 Å². The summed E-state index contributed by atoms with van der Waals surface area (Å²) in [7, 11) is 0. The van der Waals surface area contributed by atoms with Crippen LogP contribution < -0.4 is 4.90 Å². The lowest BCUT2D eigenvalue weighted by molar-refractivity contribution is -0.384. The number of nitro groups is 1. The first-order valence-electron chi connectivity index (χ1n) is 10.8. The molecule has 9 heteroatoms. The summed E-state index contributed by atoms with van der Waals surface area (Å²) in [5, 5.41) is 10.7. The molecule has 5 rings (SSSR count). The molecule has 0 N–H and O–H groups in total. The van der Waals surface area contributed by atoms with Crippen LogP contribution in [-0.2, 0) is 14.3 Å². The zero-order valence-corrected chi connectivity index (χ0v) is 17.5. The molecule has 1 heterocycles. The van der Waals surface area contributed by atoms with E-state index in [-0.39, 0.29) is 52.3 Å². The van der Waals surface area contributed by atoms with Crippen molar-refractivity contribution < 1.29 is 28.8 Å². The Kier molecular flexibility index (Phi) is 5.03. The van der Waals surface area contributed by atoms with Gasteiger partial charge in [0.25, 0.3) is 5.69 Å². The molecule has 9 nitrogen and oxygen atoms in total. The van der Waals surface area contributed by atoms with Crippen LogP contribution in [0.1, 0.15) is 40.0 Å². The maximum atomic E-state index is 13.0. The summed E-state index contributed by atoms with van der Waals surface area (Å²) in [6.45, 7) is -0.546. The summed E-state index contributed by atoms with van der Waals surface area (Å²) in [4.78, 5) is 62.1. The molecule has 0 spiro atoms. The summed E-state index contributed by atoms with van der Waals surface area (Å²) >= 11 is 0. The van der Waals surface area contributed by atoms with Gasteiger partial charge in [-0.3, -0.25) is 29.4 Å². The summed E-state index contributed by atoms with van der Waals surface area (Å²) in [5.41, 5.74) is 0.472. The lowest BCUT2D eigenvalue weighted by Crippen LogP contribution is -2.32. The highest BCUT2D eigenvalue weighted by molar-refractivity contribution is 6.22. The smallest absolute Gasteiger partial charge is 0.338 e. The van der Waals surface area contributed by atoms with Crippen LogP contribution in [0.3, 0.4) is 0 Å². The number of anilines is 1. The Labute approximate surface area is 188 Å². The van der Waals surface area contributed by atoms with E-state index in [0.29, 0.717) is 5.69 Å². The maximum Gasteiger partial charge on any atom is 0.338 e. The van der Waals surface area contributed by atoms with E-state index in [2.05, 4.69) is 0 Å². The van der Waals surface area contributed by atoms with Crippen molar-refractivity contribution in [3.8, 4) is 0 Å². The summed E-state index contributed by atoms with van der Waals surface area (Å²) in [6.07, 6.45) is 2.90. The molecule has 1 aliphatic heterocycles. The van der Waals surface area contributed by atoms with Crippen LogP contribution >= 0.6 is 0 Å². The number of rotatable bonds is 6. The molecule has 2 aromatic carbocycles. The first-order chi connectivity index (χ1) is 15.8. The first-order valence-corrected chi connectivity index (χ1v) is 10.8. The Morgan fingerprint density at radius 2 is 1.61 bits per heavy atom. The Morgan fingerprint density at radius 3 is 2.21 bits per heavy atom. The second-order valence-electron chi connectivity index (χ2n) is 8.75. The van der Waals surface area contributed by atoms with Gasteiger partial charge in [0.2, 0.25) is 11.8 Å². The van der Waals surface area contributed by atoms with Gasteiger partial charge in [0.1, 0.15) is 0 Å². The third-order valence-corrected chi connectivity index (χ3v) is 7.00. The highest BCUT2D eigenvalue weighted by Crippen LogP contribution is 2.56. The predicted molar refractivity (Wildman–Crippen MR) is 114 cm³/mol. The van der Waals surface area contributed by atoms with Crippen molar-refractivity contribution in [3.63, 3.8) is 0 Å². The number of fused-ring (bicyclic) bond motifs is 5. The standard InChI is InChI=1S/C24H20N2O7/c27-19(13-6-8-17(9-7-13)26(31)32)12-33-24(30)16-2-1-3-18(11-16)25-22(28)20-14-4-5-15(10-14)21(20)23(25)29/h1-3,6-9,11,14-15,20-21H,4-5,10,12H2/t14-,15-,20-,21-/m0/s1. The number of hydrogen-bond acceptors (Lipinski definition) is 7. The molecule has 0 aromatic heterocycles. The summed E-state index contributed by atoms with van der Waals surface area (Å²) in [5.74, 6) is -1.67. The minimum Gasteiger partial charge on any atom is -0.454 e. The van der Waals surface area contributed by atoms with Gasteiger partial charge in [-0.1, -0.05) is 6.07 Å². The average Bonchev–Trinajstić information content (AvgIpc) is 3.51. The predicted octanol–water partition coefficient (Wildman–Crippen LogP) is 3.17. The third-order valence-electron chi connectivity index (χ3n) is 7.00. The van der Waals surface area contributed by atoms with Gasteiger partial charge in [0, 0.05) is 17.7 Å². The fraction of sp³-hybridized carbons (Fsp3) is 0.333. The molecule has 0 radical (unpaired) electrons. The fourth-order valence-corrected chi connectivity index (χ4v) is 5.50. The van der Waals surface area contributed by atoms with E-state index in [1.165, 1.54) is 41.3 Å². The molecule has 2 amide bonds. The number of Topliss-reactive ketones (excluding diaryl/α,β-unsaturated/α-hetero) is 1. The topological polar surface area (TPSA) is 124 Å². The van der Waals surface area contributed by atoms with Crippen molar-refractivity contribution in [1.82, 2.24) is 0 Å². The van der Waals surface area contributed by atoms with Crippen molar-refractivity contribution in [2.45, 2.75) is 19.3 Å². The number of carbonyl (C=O) groups is 4. The Morgan fingerprint density at radius 1 is 0.970 bits per heavy atom. The van der Waals surface area contributed by atoms with Crippen LogP contribution in [-0.4, -0.2) is 35.1 Å². The fourth-order valence-electron chi connectivity index (χ4n) is 5.50. The number of hydrogen-bond donors (Lipinski definition) is 0. The molecule has 33 heavy (non-hydrogen) atoms. The number of non-ortho nitro benzene ring substituents is 1. The number of esters is 1. The molecular weight excluding hydrogens is 428 g/mol. The van der Waals surface area contributed by atoms with Gasteiger partial charge in [0.05, 0.1) is 28.0 Å². The third kappa shape index (κ3) is 3.49. The largest absolute Gasteiger partial charge is 0.454 e. The van der Waals surface area contributed by atoms with Crippen LogP contribution in [0.4, 0.5) is 11.4 Å². The van der Waals surface area contributed by atoms with E-state index in [9.17, 15) is 29.3 Å². The van der Waals surface area contributed by atoms with Crippen LogP contribution in [0, 0.1) is 33.8 Å². The number of amides is 2. The molecule has 2 bridgehead atoms. The molecule has 2 saturated carbocycles. The van der Waals surface area contributed by atoms with Gasteiger partial charge in [0.15, 0.2) is 12.4 Å². The van der Waals surface area contributed by atoms with Gasteiger partial charge in [-0.05, 0) is 61.4 Å². The Balaban J connectivity index is 1.27. The second-order valence-corrected chi connectivity index (χ2v) is 8.75. The van der Waals surface area contributed by atoms with Crippen LogP contribution in [0.15, 0.2) is 48.5 Å². The summed E-state index contributed by atoms with van der Waals surface area (Å²) < 4.78 is 5.10. The van der Waals surface area contributed by atoms with Crippen LogP contribution in [0.2, 0.25) is 0 Å². The first kappa shape index (κ1) is 21.0. The average molecular weight is 448 g/mol. The number of ketones is 1. The van der Waals surface area contributed by atoms with E-state index in [0.717, 1.165) is 19.3 Å². The number of nitro benzene ring substituents is 1. The molecule has 2 aromatic rings. The van der Waals surface area contributed by atoms with Gasteiger partial charge in [-0.15, -0.1) is 0 Å². The number of benzene rings is 2. The molecule has 3 fully saturated rings. The minimum atomic E-state index is -0.772. The number of nitrogens with zero attached hydrogens (tertiary/aromatic N) is 2. The molecule has 2 aliphatic carbocycles. The Hall–Kier alpha value is -3.88. The van der Waals surface area contributed by atoms with Crippen molar-refractivity contribution in [1.29, 1.82) is 0 Å². The van der Waals surface area contributed by atoms with Crippen molar-refractivity contribution >= 4 is 34.9 Å². The van der Waals surface area contributed by atoms with Crippen LogP contribution in [0.5, 0.6) is 0 Å². The van der Waals surface area contributed by atoms with Crippen LogP contribution in [0.25, 0.3) is 0 Å². The Bertz CT molecular complexity index is 1160. The van der Waals surface area contributed by atoms with Crippen molar-refractivity contribution in [2.75, 3.05) is 11.5 Å². The van der Waals surface area contributed by atoms with E-state index >= 15 is 0 Å². The lowest BCUT2D eigenvalue weighted by atomic mass is 9.81. The SMILES string of the molecule is O=C(COC(=O)c1cccc(N2C(=O)[C@H]3[C@H]4CC[C@@H](C4)[C@@H]3C2=O)c1)c1ccc([N+](=O)[O-])cc1. The molecule has 1 saturated heterocycles. The normalized spacial score (nSPS) is 25.3. The number of carbonyl (C=O) groups excluding carboxylic acids is 4. The maximum absolute atomic E-state index is 13.0. The number of ether oxygens (including phenoxy) is 1. The molecule has 0 unspecified atom stereocenters. The highest BCUT2D eigenvalue weighted by Gasteiger charge is 2.61. The van der Waals surface area contributed by atoms with E-state index in [1.807, 2.05) is 0 Å². The zero-order valence-electron chi connectivity index (χ0n) is 17.5. The van der Waals surface area contributed by atoms with Crippen molar-refractivity contribution in [3.05, 3.63) is 69.8 Å². The van der Waals surface area contributed by atoms with Gasteiger partial charge in [-0.25, -0.2) is 4.79 Å². The molecule has 3 aliphatic rings. The van der Waals surface area contributed by atoms with E-state index in [1.54, 1.807) is 12.1 Å². The number of imide groups is 1. The van der Waals surface area contributed by atoms with Gasteiger partial charge in [-0.2, -0.15) is 0 Å². The van der Waals surface area contributed by atoms with Gasteiger partial charge < -0.3 is 4.74 Å². The zero-order chi connectivity index (χ0) is 23.3. The summed E-state index contributed by atoms with van der Waals surface area (Å²) in [6, 6.07) is 11.1. The molecular formula is C24H20N2O7. The van der Waals surface area contributed by atoms with Gasteiger partial charge >= 0.3 is 5.97 Å². The monoisotopic (exact) mass is 448 g/mol. The van der Waals surface area contributed by atoms with E-state index < -0.39 is 23.3 Å². The van der Waals surface area contributed by atoms with Crippen molar-refractivity contribution in [2.24, 2.45) is 23.7 Å². The highest BCUT2D eigenvalue weighted by atomic mass is 16.6. The molecule has 168 valence electrons. The lowest BCUT2D eigenvalue weighted by Gasteiger charge is -2.19. The second kappa shape index (κ2) is 7.91. The quantitative estimate of drug-likeness (QED) is 0.219. The minimum absolute atomic E-state index is 0.115.